The molecule has 4 nitrogen and oxygen atoms in total. The molecule has 0 saturated heterocycles. The summed E-state index contributed by atoms with van der Waals surface area (Å²) in [6, 6.07) is 0. The van der Waals surface area contributed by atoms with Crippen molar-refractivity contribution in [3.63, 3.8) is 0 Å². The van der Waals surface area contributed by atoms with Gasteiger partial charge in [0.15, 0.2) is 0 Å². The molecule has 0 spiro atoms. The smallest absolute Gasteiger partial charge is 0.332 e. The van der Waals surface area contributed by atoms with Crippen LogP contribution in [0, 0.1) is 0 Å². The molecular formula is C8H19NO3. The van der Waals surface area contributed by atoms with Crippen LogP contribution in [-0.4, -0.2) is 27.8 Å². The first kappa shape index (κ1) is 13.9. The van der Waals surface area contributed by atoms with Gasteiger partial charge in [0.2, 0.25) is 0 Å². The largest absolute Gasteiger partial charge is 0.479 e. The van der Waals surface area contributed by atoms with E-state index >= 15 is 0 Å². The number of aliphatic carboxylic acids is 1. The maximum absolute atomic E-state index is 9.45. The van der Waals surface area contributed by atoms with Crippen molar-refractivity contribution in [3.05, 3.63) is 0 Å². The summed E-state index contributed by atoms with van der Waals surface area (Å²) in [5.74, 6) is -1.19. The molecule has 0 aromatic carbocycles. The number of aliphatic hydroxyl groups is 1. The lowest BCUT2D eigenvalue weighted by atomic mass is 10.1. The van der Waals surface area contributed by atoms with E-state index in [1.807, 2.05) is 13.8 Å². The van der Waals surface area contributed by atoms with Crippen LogP contribution in [0.5, 0.6) is 0 Å². The van der Waals surface area contributed by atoms with E-state index in [-0.39, 0.29) is 5.54 Å². The molecule has 4 heteroatoms. The number of nitrogens with two attached hydrogens (primary N) is 1. The first-order valence-electron chi connectivity index (χ1n) is 3.90. The van der Waals surface area contributed by atoms with E-state index in [0.717, 1.165) is 6.42 Å². The van der Waals surface area contributed by atoms with Gasteiger partial charge in [-0.2, -0.15) is 0 Å². The molecular weight excluding hydrogens is 158 g/mol. The Morgan fingerprint density at radius 1 is 1.58 bits per heavy atom. The number of hydrogen-bond acceptors (Lipinski definition) is 3. The van der Waals surface area contributed by atoms with Gasteiger partial charge < -0.3 is 15.9 Å². The average molecular weight is 177 g/mol. The SMILES string of the molecule is CC(O)C(=O)O.CCC(C)(C)N. The highest BCUT2D eigenvalue weighted by molar-refractivity contribution is 5.71. The second kappa shape index (κ2) is 5.97. The third kappa shape index (κ3) is 16.2. The van der Waals surface area contributed by atoms with Crippen LogP contribution >= 0.6 is 0 Å². The molecule has 0 aliphatic heterocycles. The molecule has 0 heterocycles. The number of rotatable bonds is 2. The van der Waals surface area contributed by atoms with Crippen molar-refractivity contribution in [2.24, 2.45) is 5.73 Å². The molecule has 0 amide bonds. The Labute approximate surface area is 73.4 Å². The summed E-state index contributed by atoms with van der Waals surface area (Å²) in [4.78, 5) is 9.45. The van der Waals surface area contributed by atoms with E-state index < -0.39 is 12.1 Å². The topological polar surface area (TPSA) is 83.5 Å². The molecule has 4 N–H and O–H groups in total. The van der Waals surface area contributed by atoms with Gasteiger partial charge in [0.05, 0.1) is 0 Å². The summed E-state index contributed by atoms with van der Waals surface area (Å²) in [6.45, 7) is 7.32. The molecule has 0 rings (SSSR count). The van der Waals surface area contributed by atoms with E-state index in [4.69, 9.17) is 15.9 Å². The predicted molar refractivity (Wildman–Crippen MR) is 47.9 cm³/mol. The minimum absolute atomic E-state index is 0.0417. The Balaban J connectivity index is 0. The first-order valence-corrected chi connectivity index (χ1v) is 3.90. The van der Waals surface area contributed by atoms with Crippen LogP contribution in [0.4, 0.5) is 0 Å². The van der Waals surface area contributed by atoms with Crippen LogP contribution < -0.4 is 5.73 Å². The standard InChI is InChI=1S/C5H13N.C3H6O3/c1-4-5(2,3)6;1-2(4)3(5)6/h4,6H2,1-3H3;2,4H,1H3,(H,5,6). The number of carboxylic acid groups (broad SMARTS) is 1. The molecule has 0 radical (unpaired) electrons. The normalized spacial score (nSPS) is 12.8. The summed E-state index contributed by atoms with van der Waals surface area (Å²) in [5, 5.41) is 15.8. The average Bonchev–Trinajstić information content (AvgIpc) is 1.87. The Hall–Kier alpha value is -0.610. The minimum atomic E-state index is -1.23. The maximum atomic E-state index is 9.45. The molecule has 74 valence electrons. The van der Waals surface area contributed by atoms with Gasteiger partial charge in [0.25, 0.3) is 0 Å². The zero-order chi connectivity index (χ0) is 10.4. The molecule has 0 aliphatic carbocycles. The molecule has 1 atom stereocenters. The molecule has 0 aromatic rings. The second-order valence-corrected chi connectivity index (χ2v) is 3.36. The van der Waals surface area contributed by atoms with Crippen LogP contribution in [0.3, 0.4) is 0 Å². The summed E-state index contributed by atoms with van der Waals surface area (Å²) < 4.78 is 0. The van der Waals surface area contributed by atoms with Crippen LogP contribution in [0.15, 0.2) is 0 Å². The van der Waals surface area contributed by atoms with Crippen LogP contribution in [0.1, 0.15) is 34.1 Å². The molecule has 0 fully saturated rings. The van der Waals surface area contributed by atoms with Crippen molar-refractivity contribution in [2.75, 3.05) is 0 Å². The van der Waals surface area contributed by atoms with Crippen molar-refractivity contribution < 1.29 is 15.0 Å². The van der Waals surface area contributed by atoms with Crippen LogP contribution in [0.25, 0.3) is 0 Å². The Bertz CT molecular complexity index is 127. The third-order valence-corrected chi connectivity index (χ3v) is 1.27. The highest BCUT2D eigenvalue weighted by Gasteiger charge is 2.03. The number of hydrogen-bond donors (Lipinski definition) is 3. The van der Waals surface area contributed by atoms with E-state index in [1.54, 1.807) is 0 Å². The lowest BCUT2D eigenvalue weighted by Crippen LogP contribution is -2.30. The second-order valence-electron chi connectivity index (χ2n) is 3.36. The molecule has 0 saturated carbocycles. The maximum Gasteiger partial charge on any atom is 0.332 e. The van der Waals surface area contributed by atoms with Gasteiger partial charge in [-0.3, -0.25) is 0 Å². The molecule has 0 bridgehead atoms. The van der Waals surface area contributed by atoms with Crippen molar-refractivity contribution in [1.82, 2.24) is 0 Å². The number of aliphatic hydroxyl groups excluding tert-OH is 1. The Morgan fingerprint density at radius 2 is 1.75 bits per heavy atom. The summed E-state index contributed by atoms with van der Waals surface area (Å²) >= 11 is 0. The zero-order valence-electron chi connectivity index (χ0n) is 8.16. The van der Waals surface area contributed by atoms with Gasteiger partial charge in [-0.05, 0) is 27.2 Å². The Morgan fingerprint density at radius 3 is 1.75 bits per heavy atom. The monoisotopic (exact) mass is 177 g/mol. The lowest BCUT2D eigenvalue weighted by Gasteiger charge is -2.13. The summed E-state index contributed by atoms with van der Waals surface area (Å²) in [5.41, 5.74) is 5.58. The van der Waals surface area contributed by atoms with Crippen molar-refractivity contribution in [1.29, 1.82) is 0 Å². The Kier molecular flexibility index (Phi) is 6.94. The fraction of sp³-hybridized carbons (Fsp3) is 0.875. The van der Waals surface area contributed by atoms with Gasteiger partial charge >= 0.3 is 5.97 Å². The first-order chi connectivity index (χ1) is 5.20. The van der Waals surface area contributed by atoms with Gasteiger partial charge in [-0.1, -0.05) is 6.92 Å². The quantitative estimate of drug-likeness (QED) is 0.576. The molecule has 0 aliphatic rings. The van der Waals surface area contributed by atoms with E-state index in [2.05, 4.69) is 6.92 Å². The van der Waals surface area contributed by atoms with Gasteiger partial charge in [-0.15, -0.1) is 0 Å². The molecule has 12 heavy (non-hydrogen) atoms. The summed E-state index contributed by atoms with van der Waals surface area (Å²) in [6.07, 6.45) is -0.183. The van der Waals surface area contributed by atoms with Crippen LogP contribution in [-0.2, 0) is 4.79 Å². The fourth-order valence-corrected chi connectivity index (χ4v) is 0. The van der Waals surface area contributed by atoms with Crippen molar-refractivity contribution in [2.45, 2.75) is 45.8 Å². The minimum Gasteiger partial charge on any atom is -0.479 e. The van der Waals surface area contributed by atoms with Crippen molar-refractivity contribution >= 4 is 5.97 Å². The predicted octanol–water partition coefficient (Wildman–Crippen LogP) is 0.586. The van der Waals surface area contributed by atoms with E-state index in [0.29, 0.717) is 0 Å². The highest BCUT2D eigenvalue weighted by atomic mass is 16.4. The van der Waals surface area contributed by atoms with Crippen molar-refractivity contribution in [3.8, 4) is 0 Å². The molecule has 0 aromatic heterocycles. The highest BCUT2D eigenvalue weighted by Crippen LogP contribution is 1.99. The van der Waals surface area contributed by atoms with E-state index in [9.17, 15) is 4.79 Å². The zero-order valence-corrected chi connectivity index (χ0v) is 8.16. The fourth-order valence-electron chi connectivity index (χ4n) is 0. The lowest BCUT2D eigenvalue weighted by molar-refractivity contribution is -0.145. The summed E-state index contributed by atoms with van der Waals surface area (Å²) in [7, 11) is 0. The van der Waals surface area contributed by atoms with Gasteiger partial charge in [-0.25, -0.2) is 4.79 Å². The van der Waals surface area contributed by atoms with E-state index in [1.165, 1.54) is 6.92 Å². The number of carboxylic acids is 1. The third-order valence-electron chi connectivity index (χ3n) is 1.27. The van der Waals surface area contributed by atoms with Gasteiger partial charge in [0.1, 0.15) is 6.10 Å². The van der Waals surface area contributed by atoms with Gasteiger partial charge in [0, 0.05) is 5.54 Å². The van der Waals surface area contributed by atoms with Crippen LogP contribution in [0.2, 0.25) is 0 Å². The molecule has 1 unspecified atom stereocenters. The number of carbonyl (C=O) groups is 1.